The summed E-state index contributed by atoms with van der Waals surface area (Å²) >= 11 is 11.7. The molecule has 0 fully saturated rings. The monoisotopic (exact) mass is 270 g/mol. The Bertz CT molecular complexity index is 466. The van der Waals surface area contributed by atoms with Crippen molar-refractivity contribution in [2.24, 2.45) is 11.8 Å². The van der Waals surface area contributed by atoms with Crippen molar-refractivity contribution in [3.63, 3.8) is 0 Å². The lowest BCUT2D eigenvalue weighted by molar-refractivity contribution is -0.119. The number of halogens is 2. The number of rotatable bonds is 3. The van der Waals surface area contributed by atoms with Crippen LogP contribution in [0.5, 0.6) is 0 Å². The molecule has 1 aromatic carbocycles. The van der Waals surface area contributed by atoms with E-state index in [-0.39, 0.29) is 11.8 Å². The minimum Gasteiger partial charge on any atom is -0.324 e. The van der Waals surface area contributed by atoms with Crippen LogP contribution in [0.2, 0.25) is 10.0 Å². The predicted octanol–water partition coefficient (Wildman–Crippen LogP) is 3.73. The Hall–Kier alpha value is -1.24. The minimum atomic E-state index is -0.693. The molecule has 90 valence electrons. The quantitative estimate of drug-likeness (QED) is 0.910. The molecule has 0 aliphatic rings. The molecule has 0 heterocycles. The smallest absolute Gasteiger partial charge is 0.242 e. The molecule has 5 heteroatoms. The standard InChI is InChI=1S/C12H12Cl2N2O/c1-7(2)9(6-15)12(17)16-11-4-3-8(13)5-10(11)14/h3-5,7,9H,1-2H3,(H,16,17). The first-order valence-electron chi connectivity index (χ1n) is 5.11. The van der Waals surface area contributed by atoms with Gasteiger partial charge in [-0.3, -0.25) is 4.79 Å². The number of hydrogen-bond donors (Lipinski definition) is 1. The Morgan fingerprint density at radius 1 is 1.41 bits per heavy atom. The van der Waals surface area contributed by atoms with Gasteiger partial charge in [0.2, 0.25) is 5.91 Å². The third kappa shape index (κ3) is 3.62. The van der Waals surface area contributed by atoms with E-state index in [2.05, 4.69) is 5.32 Å². The highest BCUT2D eigenvalue weighted by atomic mass is 35.5. The molecule has 17 heavy (non-hydrogen) atoms. The lowest BCUT2D eigenvalue weighted by Gasteiger charge is -2.13. The van der Waals surface area contributed by atoms with Gasteiger partial charge < -0.3 is 5.32 Å². The summed E-state index contributed by atoms with van der Waals surface area (Å²) < 4.78 is 0. The molecule has 3 nitrogen and oxygen atoms in total. The van der Waals surface area contributed by atoms with E-state index in [0.717, 1.165) is 0 Å². The zero-order chi connectivity index (χ0) is 13.0. The van der Waals surface area contributed by atoms with Gasteiger partial charge in [-0.1, -0.05) is 37.0 Å². The van der Waals surface area contributed by atoms with Crippen molar-refractivity contribution in [3.8, 4) is 6.07 Å². The van der Waals surface area contributed by atoms with E-state index in [0.29, 0.717) is 15.7 Å². The zero-order valence-electron chi connectivity index (χ0n) is 9.50. The molecular weight excluding hydrogens is 259 g/mol. The molecule has 1 rings (SSSR count). The summed E-state index contributed by atoms with van der Waals surface area (Å²) in [5, 5.41) is 12.4. The fourth-order valence-corrected chi connectivity index (χ4v) is 1.77. The number of hydrogen-bond acceptors (Lipinski definition) is 2. The molecule has 0 aliphatic carbocycles. The van der Waals surface area contributed by atoms with Crippen LogP contribution in [0.25, 0.3) is 0 Å². The summed E-state index contributed by atoms with van der Waals surface area (Å²) in [6.07, 6.45) is 0. The van der Waals surface area contributed by atoms with Gasteiger partial charge in [-0.05, 0) is 24.1 Å². The molecular formula is C12H12Cl2N2O. The Morgan fingerprint density at radius 2 is 2.06 bits per heavy atom. The fraction of sp³-hybridized carbons (Fsp3) is 0.333. The van der Waals surface area contributed by atoms with Crippen molar-refractivity contribution in [3.05, 3.63) is 28.2 Å². The third-order valence-electron chi connectivity index (χ3n) is 2.28. The van der Waals surface area contributed by atoms with Crippen molar-refractivity contribution in [1.29, 1.82) is 5.26 Å². The average Bonchev–Trinajstić information content (AvgIpc) is 2.22. The second kappa shape index (κ2) is 5.90. The number of amides is 1. The van der Waals surface area contributed by atoms with Gasteiger partial charge >= 0.3 is 0 Å². The van der Waals surface area contributed by atoms with Gasteiger partial charge in [0.15, 0.2) is 0 Å². The molecule has 0 aromatic heterocycles. The van der Waals surface area contributed by atoms with E-state index in [1.165, 1.54) is 6.07 Å². The van der Waals surface area contributed by atoms with Gasteiger partial charge in [-0.15, -0.1) is 0 Å². The van der Waals surface area contributed by atoms with E-state index in [4.69, 9.17) is 28.5 Å². The van der Waals surface area contributed by atoms with Crippen molar-refractivity contribution in [2.75, 3.05) is 5.32 Å². The van der Waals surface area contributed by atoms with Crippen LogP contribution in [0.4, 0.5) is 5.69 Å². The van der Waals surface area contributed by atoms with Crippen LogP contribution in [0, 0.1) is 23.2 Å². The maximum atomic E-state index is 11.8. The van der Waals surface area contributed by atoms with Crippen LogP contribution in [0.1, 0.15) is 13.8 Å². The van der Waals surface area contributed by atoms with E-state index in [9.17, 15) is 4.79 Å². The number of carbonyl (C=O) groups is 1. The van der Waals surface area contributed by atoms with Gasteiger partial charge in [-0.2, -0.15) is 5.26 Å². The molecule has 0 aliphatic heterocycles. The second-order valence-electron chi connectivity index (χ2n) is 3.96. The van der Waals surface area contributed by atoms with Gasteiger partial charge in [-0.25, -0.2) is 0 Å². The summed E-state index contributed by atoms with van der Waals surface area (Å²) in [5.41, 5.74) is 0.460. The summed E-state index contributed by atoms with van der Waals surface area (Å²) in [6, 6.07) is 6.74. The lowest BCUT2D eigenvalue weighted by Crippen LogP contribution is -2.25. The number of carbonyl (C=O) groups excluding carboxylic acids is 1. The lowest BCUT2D eigenvalue weighted by atomic mass is 9.96. The number of nitriles is 1. The first kappa shape index (κ1) is 13.8. The van der Waals surface area contributed by atoms with E-state index >= 15 is 0 Å². The highest BCUT2D eigenvalue weighted by molar-refractivity contribution is 6.36. The summed E-state index contributed by atoms with van der Waals surface area (Å²) in [6.45, 7) is 3.63. The van der Waals surface area contributed by atoms with Gasteiger partial charge in [0.05, 0.1) is 16.8 Å². The number of benzene rings is 1. The van der Waals surface area contributed by atoms with E-state index in [1.807, 2.05) is 19.9 Å². The number of anilines is 1. The largest absolute Gasteiger partial charge is 0.324 e. The Balaban J connectivity index is 2.85. The maximum Gasteiger partial charge on any atom is 0.242 e. The number of nitrogens with one attached hydrogen (secondary N) is 1. The molecule has 1 aromatic rings. The summed E-state index contributed by atoms with van der Waals surface area (Å²) in [4.78, 5) is 11.8. The molecule has 0 radical (unpaired) electrons. The number of nitrogens with zero attached hydrogens (tertiary/aromatic N) is 1. The molecule has 1 atom stereocenters. The normalized spacial score (nSPS) is 12.0. The van der Waals surface area contributed by atoms with Gasteiger partial charge in [0.25, 0.3) is 0 Å². The molecule has 1 unspecified atom stereocenters. The van der Waals surface area contributed by atoms with E-state index in [1.54, 1.807) is 12.1 Å². The third-order valence-corrected chi connectivity index (χ3v) is 2.83. The van der Waals surface area contributed by atoms with Crippen molar-refractivity contribution in [1.82, 2.24) is 0 Å². The first-order valence-corrected chi connectivity index (χ1v) is 5.87. The second-order valence-corrected chi connectivity index (χ2v) is 4.81. The SMILES string of the molecule is CC(C)C(C#N)C(=O)Nc1ccc(Cl)cc1Cl. The van der Waals surface area contributed by atoms with Crippen LogP contribution in [-0.4, -0.2) is 5.91 Å². The molecule has 1 N–H and O–H groups in total. The van der Waals surface area contributed by atoms with Crippen LogP contribution in [0.3, 0.4) is 0 Å². The topological polar surface area (TPSA) is 52.9 Å². The van der Waals surface area contributed by atoms with Crippen LogP contribution in [0.15, 0.2) is 18.2 Å². The highest BCUT2D eigenvalue weighted by Gasteiger charge is 2.22. The Morgan fingerprint density at radius 3 is 2.53 bits per heavy atom. The van der Waals surface area contributed by atoms with Crippen molar-refractivity contribution < 1.29 is 4.79 Å². The zero-order valence-corrected chi connectivity index (χ0v) is 11.0. The molecule has 1 amide bonds. The van der Waals surface area contributed by atoms with Crippen LogP contribution >= 0.6 is 23.2 Å². The Kier molecular flexibility index (Phi) is 4.80. The fourth-order valence-electron chi connectivity index (χ4n) is 1.31. The van der Waals surface area contributed by atoms with E-state index < -0.39 is 5.92 Å². The van der Waals surface area contributed by atoms with Crippen molar-refractivity contribution in [2.45, 2.75) is 13.8 Å². The molecule has 0 bridgehead atoms. The molecule has 0 spiro atoms. The van der Waals surface area contributed by atoms with Gasteiger partial charge in [0, 0.05) is 5.02 Å². The van der Waals surface area contributed by atoms with Gasteiger partial charge in [0.1, 0.15) is 5.92 Å². The minimum absolute atomic E-state index is 0.0499. The predicted molar refractivity (Wildman–Crippen MR) is 69.0 cm³/mol. The maximum absolute atomic E-state index is 11.8. The summed E-state index contributed by atoms with van der Waals surface area (Å²) in [5.74, 6) is -1.10. The van der Waals surface area contributed by atoms with Crippen molar-refractivity contribution >= 4 is 34.8 Å². The first-order chi connectivity index (χ1) is 7.95. The highest BCUT2D eigenvalue weighted by Crippen LogP contribution is 2.26. The van der Waals surface area contributed by atoms with Crippen LogP contribution in [-0.2, 0) is 4.79 Å². The Labute approximate surface area is 110 Å². The van der Waals surface area contributed by atoms with Crippen LogP contribution < -0.4 is 5.32 Å². The molecule has 0 saturated heterocycles. The molecule has 0 saturated carbocycles. The average molecular weight is 271 g/mol. The summed E-state index contributed by atoms with van der Waals surface area (Å²) in [7, 11) is 0.